The van der Waals surface area contributed by atoms with Gasteiger partial charge in [0.25, 0.3) is 0 Å². The first kappa shape index (κ1) is 23.9. The molecule has 0 radical (unpaired) electrons. The molecule has 1 aliphatic carbocycles. The topological polar surface area (TPSA) is 103 Å². The number of alkyl halides is 3. The third-order valence-electron chi connectivity index (χ3n) is 6.87. The van der Waals surface area contributed by atoms with Crippen LogP contribution in [0.5, 0.6) is 0 Å². The molecule has 1 saturated heterocycles. The molecule has 12 heteroatoms. The summed E-state index contributed by atoms with van der Waals surface area (Å²) >= 11 is 1.48. The van der Waals surface area contributed by atoms with Gasteiger partial charge >= 0.3 is 6.18 Å². The normalized spacial score (nSPS) is 23.7. The molecule has 2 aromatic heterocycles. The summed E-state index contributed by atoms with van der Waals surface area (Å²) in [6, 6.07) is 3.64. The van der Waals surface area contributed by atoms with Crippen LogP contribution in [0.25, 0.3) is 10.9 Å². The number of likely N-dealkylation sites (tertiary alicyclic amines) is 1. The second-order valence-electron chi connectivity index (χ2n) is 9.19. The van der Waals surface area contributed by atoms with Crippen LogP contribution >= 0.6 is 11.3 Å². The minimum absolute atomic E-state index is 0.0238. The number of nitrogens with one attached hydrogen (secondary N) is 2. The highest BCUT2D eigenvalue weighted by atomic mass is 32.1. The Balaban J connectivity index is 1.10. The van der Waals surface area contributed by atoms with E-state index in [1.54, 1.807) is 11.7 Å². The van der Waals surface area contributed by atoms with Gasteiger partial charge in [-0.15, -0.1) is 11.3 Å². The van der Waals surface area contributed by atoms with Crippen LogP contribution < -0.4 is 10.6 Å². The van der Waals surface area contributed by atoms with Gasteiger partial charge in [-0.25, -0.2) is 0 Å². The van der Waals surface area contributed by atoms with E-state index in [4.69, 9.17) is 0 Å². The predicted molar refractivity (Wildman–Crippen MR) is 125 cm³/mol. The molecule has 35 heavy (non-hydrogen) atoms. The lowest BCUT2D eigenvalue weighted by Crippen LogP contribution is -2.63. The Bertz CT molecular complexity index is 1190. The quantitative estimate of drug-likeness (QED) is 0.472. The summed E-state index contributed by atoms with van der Waals surface area (Å²) in [5.74, 6) is -0.241. The fourth-order valence-electron chi connectivity index (χ4n) is 4.87. The molecule has 0 unspecified atom stereocenters. The number of nitrogens with zero attached hydrogens (tertiary/aromatic N) is 4. The van der Waals surface area contributed by atoms with Gasteiger partial charge in [0, 0.05) is 30.7 Å². The van der Waals surface area contributed by atoms with Crippen molar-refractivity contribution in [1.29, 1.82) is 0 Å². The van der Waals surface area contributed by atoms with Gasteiger partial charge in [0.2, 0.25) is 5.91 Å². The van der Waals surface area contributed by atoms with E-state index in [1.165, 1.54) is 23.6 Å². The molecular formula is C23H25F3N6O2S. The van der Waals surface area contributed by atoms with Gasteiger partial charge in [-0.2, -0.15) is 23.4 Å². The van der Waals surface area contributed by atoms with Crippen molar-refractivity contribution in [2.75, 3.05) is 25.0 Å². The number of aromatic nitrogens is 3. The summed E-state index contributed by atoms with van der Waals surface area (Å²) in [4.78, 5) is 19.8. The Hall–Kier alpha value is -2.83. The first-order valence-electron chi connectivity index (χ1n) is 11.4. The molecule has 0 atom stereocenters. The molecule has 2 fully saturated rings. The predicted octanol–water partition coefficient (Wildman–Crippen LogP) is 3.15. The lowest BCUT2D eigenvalue weighted by molar-refractivity contribution is -0.137. The fourth-order valence-corrected chi connectivity index (χ4v) is 5.65. The van der Waals surface area contributed by atoms with Crippen LogP contribution in [0.2, 0.25) is 0 Å². The third-order valence-corrected chi connectivity index (χ3v) is 7.84. The molecule has 1 amide bonds. The van der Waals surface area contributed by atoms with E-state index in [-0.39, 0.29) is 23.9 Å². The molecule has 3 heterocycles. The number of rotatable bonds is 6. The Morgan fingerprint density at radius 3 is 2.69 bits per heavy atom. The minimum Gasteiger partial charge on any atom is -0.384 e. The average molecular weight is 507 g/mol. The van der Waals surface area contributed by atoms with Gasteiger partial charge in [0.15, 0.2) is 0 Å². The smallest absolute Gasteiger partial charge is 0.384 e. The van der Waals surface area contributed by atoms with E-state index in [0.29, 0.717) is 30.1 Å². The summed E-state index contributed by atoms with van der Waals surface area (Å²) in [7, 11) is 0. The second kappa shape index (κ2) is 9.32. The Morgan fingerprint density at radius 2 is 2.00 bits per heavy atom. The maximum Gasteiger partial charge on any atom is 0.416 e. The highest BCUT2D eigenvalue weighted by Crippen LogP contribution is 2.40. The zero-order chi connectivity index (χ0) is 24.6. The number of benzene rings is 1. The van der Waals surface area contributed by atoms with Crippen molar-refractivity contribution in [1.82, 2.24) is 25.4 Å². The van der Waals surface area contributed by atoms with Gasteiger partial charge in [-0.1, -0.05) is 0 Å². The number of thiazole rings is 1. The summed E-state index contributed by atoms with van der Waals surface area (Å²) < 4.78 is 39.2. The standard InChI is InChI=1S/C23H25F3N6O2S/c24-23(25,26)14-1-2-18-17(7-14)19(8-29-31-18)28-10-21(33)30-15-11-32(12-15)16-3-5-22(34,6-4-16)20-9-27-13-35-20/h1-2,7-9,13,15-16,34H,3-6,10-12H2,(H,28,31)(H,30,33)/t16-,22+. The number of carbonyl (C=O) groups is 1. The van der Waals surface area contributed by atoms with E-state index >= 15 is 0 Å². The number of carbonyl (C=O) groups excluding carboxylic acids is 1. The number of hydrogen-bond acceptors (Lipinski definition) is 8. The van der Waals surface area contributed by atoms with Crippen molar-refractivity contribution in [3.05, 3.63) is 46.5 Å². The highest BCUT2D eigenvalue weighted by Gasteiger charge is 2.41. The summed E-state index contributed by atoms with van der Waals surface area (Å²) in [5, 5.41) is 24.7. The van der Waals surface area contributed by atoms with Crippen molar-refractivity contribution in [3.63, 3.8) is 0 Å². The molecule has 0 bridgehead atoms. The molecule has 186 valence electrons. The fraction of sp³-hybridized carbons (Fsp3) is 0.478. The highest BCUT2D eigenvalue weighted by molar-refractivity contribution is 7.09. The van der Waals surface area contributed by atoms with E-state index < -0.39 is 17.3 Å². The second-order valence-corrected chi connectivity index (χ2v) is 10.1. The monoisotopic (exact) mass is 506 g/mol. The van der Waals surface area contributed by atoms with E-state index in [0.717, 1.165) is 42.9 Å². The number of hydrogen-bond donors (Lipinski definition) is 3. The molecule has 3 N–H and O–H groups in total. The summed E-state index contributed by atoms with van der Waals surface area (Å²) in [6.07, 6.45) is 1.76. The first-order chi connectivity index (χ1) is 16.7. The van der Waals surface area contributed by atoms with Crippen molar-refractivity contribution < 1.29 is 23.1 Å². The molecule has 1 saturated carbocycles. The number of halogens is 3. The summed E-state index contributed by atoms with van der Waals surface area (Å²) in [6.45, 7) is 1.40. The van der Waals surface area contributed by atoms with Gasteiger partial charge in [-0.3, -0.25) is 14.7 Å². The largest absolute Gasteiger partial charge is 0.416 e. The van der Waals surface area contributed by atoms with E-state index in [1.807, 2.05) is 0 Å². The molecule has 5 rings (SSSR count). The molecule has 1 aliphatic heterocycles. The van der Waals surface area contributed by atoms with E-state index in [9.17, 15) is 23.1 Å². The maximum atomic E-state index is 13.1. The number of fused-ring (bicyclic) bond motifs is 1. The molecule has 2 aliphatic rings. The summed E-state index contributed by atoms with van der Waals surface area (Å²) in [5.41, 5.74) is 0.808. The molecule has 8 nitrogen and oxygen atoms in total. The first-order valence-corrected chi connectivity index (χ1v) is 12.3. The van der Waals surface area contributed by atoms with Crippen molar-refractivity contribution in [2.45, 2.75) is 49.5 Å². The Kier molecular flexibility index (Phi) is 6.36. The van der Waals surface area contributed by atoms with Gasteiger partial charge in [0.1, 0.15) is 5.60 Å². The van der Waals surface area contributed by atoms with Crippen molar-refractivity contribution in [3.8, 4) is 0 Å². The zero-order valence-electron chi connectivity index (χ0n) is 18.8. The van der Waals surface area contributed by atoms with Gasteiger partial charge < -0.3 is 15.7 Å². The maximum absolute atomic E-state index is 13.1. The van der Waals surface area contributed by atoms with Gasteiger partial charge in [0.05, 0.1) is 45.9 Å². The van der Waals surface area contributed by atoms with Gasteiger partial charge in [-0.05, 0) is 43.9 Å². The molecular weight excluding hydrogens is 481 g/mol. The lowest BCUT2D eigenvalue weighted by Gasteiger charge is -2.48. The van der Waals surface area contributed by atoms with E-state index in [2.05, 4.69) is 30.7 Å². The van der Waals surface area contributed by atoms with Crippen LogP contribution in [0, 0.1) is 0 Å². The SMILES string of the molecule is O=C(CNc1cnnc2ccc(C(F)(F)F)cc12)NC1CN([C@H]2CC[C@](O)(c3cncs3)CC2)C1. The van der Waals surface area contributed by atoms with Crippen molar-refractivity contribution in [2.24, 2.45) is 0 Å². The average Bonchev–Trinajstić information content (AvgIpc) is 3.36. The number of anilines is 1. The Labute approximate surface area is 203 Å². The number of aliphatic hydroxyl groups is 1. The Morgan fingerprint density at radius 1 is 1.23 bits per heavy atom. The van der Waals surface area contributed by atoms with Crippen LogP contribution in [0.15, 0.2) is 36.1 Å². The molecule has 1 aromatic carbocycles. The minimum atomic E-state index is -4.47. The van der Waals surface area contributed by atoms with Crippen molar-refractivity contribution >= 4 is 33.8 Å². The molecule has 3 aromatic rings. The zero-order valence-corrected chi connectivity index (χ0v) is 19.6. The van der Waals surface area contributed by atoms with Crippen LogP contribution in [-0.4, -0.2) is 62.8 Å². The van der Waals surface area contributed by atoms with Crippen LogP contribution in [-0.2, 0) is 16.6 Å². The van der Waals surface area contributed by atoms with Crippen LogP contribution in [0.3, 0.4) is 0 Å². The van der Waals surface area contributed by atoms with Crippen LogP contribution in [0.4, 0.5) is 18.9 Å². The lowest BCUT2D eigenvalue weighted by atomic mass is 9.80. The molecule has 0 spiro atoms. The number of amides is 1. The van der Waals surface area contributed by atoms with Crippen LogP contribution in [0.1, 0.15) is 36.1 Å². The third kappa shape index (κ3) is 5.09.